The molecule has 0 aliphatic carbocycles. The molecule has 0 bridgehead atoms. The molecular formula is C17H23N5O2. The average Bonchev–Trinajstić information content (AvgIpc) is 3.10. The smallest absolute Gasteiger partial charge is 0.251 e. The van der Waals surface area contributed by atoms with Gasteiger partial charge in [-0.1, -0.05) is 0 Å². The summed E-state index contributed by atoms with van der Waals surface area (Å²) in [6, 6.07) is 5.38. The van der Waals surface area contributed by atoms with Crippen molar-refractivity contribution in [2.24, 2.45) is 13.0 Å². The number of aromatic nitrogens is 3. The standard InChI is InChI=1S/C17H23N5O2/c1-12-7-15(21(2)20-12)9-22-8-14(11-23)16(10-22)19-17(24)13-3-5-18-6-4-13/h3-7,14,16,23H,8-11H2,1-2H3,(H,19,24)/t14-,16+/m0/s1. The molecule has 7 heteroatoms. The van der Waals surface area contributed by atoms with Crippen LogP contribution in [0.3, 0.4) is 0 Å². The van der Waals surface area contributed by atoms with Crippen LogP contribution in [0.1, 0.15) is 21.7 Å². The summed E-state index contributed by atoms with van der Waals surface area (Å²) < 4.78 is 1.88. The maximum absolute atomic E-state index is 12.3. The summed E-state index contributed by atoms with van der Waals surface area (Å²) in [5.74, 6) is -0.0933. The minimum absolute atomic E-state index is 0.0325. The van der Waals surface area contributed by atoms with Crippen molar-refractivity contribution in [1.29, 1.82) is 0 Å². The van der Waals surface area contributed by atoms with E-state index in [1.165, 1.54) is 0 Å². The Balaban J connectivity index is 1.64. The van der Waals surface area contributed by atoms with E-state index >= 15 is 0 Å². The Labute approximate surface area is 141 Å². The Kier molecular flexibility index (Phi) is 4.92. The summed E-state index contributed by atoms with van der Waals surface area (Å²) in [4.78, 5) is 18.5. The maximum Gasteiger partial charge on any atom is 0.251 e. The molecule has 0 radical (unpaired) electrons. The number of likely N-dealkylation sites (tertiary alicyclic amines) is 1. The minimum Gasteiger partial charge on any atom is -0.396 e. The quantitative estimate of drug-likeness (QED) is 0.827. The lowest BCUT2D eigenvalue weighted by Crippen LogP contribution is -2.41. The van der Waals surface area contributed by atoms with Crippen molar-refractivity contribution < 1.29 is 9.90 Å². The first-order valence-electron chi connectivity index (χ1n) is 8.10. The van der Waals surface area contributed by atoms with Crippen LogP contribution in [0.15, 0.2) is 30.6 Å². The molecule has 0 unspecified atom stereocenters. The molecule has 1 saturated heterocycles. The molecule has 0 saturated carbocycles. The number of aliphatic hydroxyl groups excluding tert-OH is 1. The van der Waals surface area contributed by atoms with Gasteiger partial charge in [0.1, 0.15) is 0 Å². The number of rotatable bonds is 5. The molecule has 1 amide bonds. The Morgan fingerprint density at radius 1 is 1.38 bits per heavy atom. The van der Waals surface area contributed by atoms with E-state index in [2.05, 4.69) is 26.4 Å². The zero-order chi connectivity index (χ0) is 17.1. The highest BCUT2D eigenvalue weighted by molar-refractivity contribution is 5.94. The molecule has 1 fully saturated rings. The predicted molar refractivity (Wildman–Crippen MR) is 89.3 cm³/mol. The van der Waals surface area contributed by atoms with Gasteiger partial charge in [0.05, 0.1) is 11.4 Å². The number of amides is 1. The third-order valence-corrected chi connectivity index (χ3v) is 4.49. The fourth-order valence-electron chi connectivity index (χ4n) is 3.23. The third kappa shape index (κ3) is 3.63. The van der Waals surface area contributed by atoms with Gasteiger partial charge in [-0.05, 0) is 25.1 Å². The first-order chi connectivity index (χ1) is 11.6. The van der Waals surface area contributed by atoms with Gasteiger partial charge in [-0.3, -0.25) is 19.4 Å². The zero-order valence-corrected chi connectivity index (χ0v) is 14.0. The van der Waals surface area contributed by atoms with Crippen LogP contribution in [0.4, 0.5) is 0 Å². The van der Waals surface area contributed by atoms with E-state index in [9.17, 15) is 9.90 Å². The van der Waals surface area contributed by atoms with Crippen LogP contribution in [0.25, 0.3) is 0 Å². The predicted octanol–water partition coefficient (Wildman–Crippen LogP) is 0.346. The Bertz CT molecular complexity index is 700. The van der Waals surface area contributed by atoms with Crippen molar-refractivity contribution >= 4 is 5.91 Å². The highest BCUT2D eigenvalue weighted by atomic mass is 16.3. The summed E-state index contributed by atoms with van der Waals surface area (Å²) in [6.07, 6.45) is 3.20. The monoisotopic (exact) mass is 329 g/mol. The van der Waals surface area contributed by atoms with E-state index < -0.39 is 0 Å². The topological polar surface area (TPSA) is 83.3 Å². The molecule has 128 valence electrons. The Morgan fingerprint density at radius 3 is 2.75 bits per heavy atom. The summed E-state index contributed by atoms with van der Waals surface area (Å²) in [5, 5.41) is 17.1. The number of pyridine rings is 1. The van der Waals surface area contributed by atoms with Crippen molar-refractivity contribution in [2.75, 3.05) is 19.7 Å². The van der Waals surface area contributed by atoms with E-state index in [1.807, 2.05) is 18.7 Å². The van der Waals surface area contributed by atoms with Crippen LogP contribution in [-0.2, 0) is 13.6 Å². The van der Waals surface area contributed by atoms with E-state index in [0.29, 0.717) is 12.1 Å². The van der Waals surface area contributed by atoms with Crippen LogP contribution in [-0.4, -0.2) is 56.4 Å². The first kappa shape index (κ1) is 16.6. The van der Waals surface area contributed by atoms with Gasteiger partial charge in [-0.15, -0.1) is 0 Å². The minimum atomic E-state index is -0.126. The molecule has 0 spiro atoms. The number of aliphatic hydroxyl groups is 1. The average molecular weight is 329 g/mol. The van der Waals surface area contributed by atoms with Crippen LogP contribution in [0.2, 0.25) is 0 Å². The van der Waals surface area contributed by atoms with E-state index in [-0.39, 0.29) is 24.5 Å². The number of nitrogens with zero attached hydrogens (tertiary/aromatic N) is 4. The van der Waals surface area contributed by atoms with Gasteiger partial charge < -0.3 is 10.4 Å². The fourth-order valence-corrected chi connectivity index (χ4v) is 3.23. The number of aryl methyl sites for hydroxylation is 2. The van der Waals surface area contributed by atoms with Gasteiger partial charge in [0.15, 0.2) is 0 Å². The van der Waals surface area contributed by atoms with Crippen molar-refractivity contribution in [3.63, 3.8) is 0 Å². The number of nitrogens with one attached hydrogen (secondary N) is 1. The molecular weight excluding hydrogens is 306 g/mol. The normalized spacial score (nSPS) is 21.1. The summed E-state index contributed by atoms with van der Waals surface area (Å²) in [6.45, 7) is 4.26. The molecule has 0 aromatic carbocycles. The first-order valence-corrected chi connectivity index (χ1v) is 8.10. The highest BCUT2D eigenvalue weighted by Crippen LogP contribution is 2.20. The van der Waals surface area contributed by atoms with Gasteiger partial charge in [0, 0.05) is 63.2 Å². The molecule has 3 rings (SSSR count). The van der Waals surface area contributed by atoms with Gasteiger partial charge >= 0.3 is 0 Å². The van der Waals surface area contributed by atoms with Crippen LogP contribution < -0.4 is 5.32 Å². The van der Waals surface area contributed by atoms with E-state index in [4.69, 9.17) is 0 Å². The van der Waals surface area contributed by atoms with Gasteiger partial charge in [0.25, 0.3) is 5.91 Å². The van der Waals surface area contributed by atoms with Crippen molar-refractivity contribution in [3.05, 3.63) is 47.5 Å². The van der Waals surface area contributed by atoms with Crippen LogP contribution in [0.5, 0.6) is 0 Å². The number of hydrogen-bond donors (Lipinski definition) is 2. The lowest BCUT2D eigenvalue weighted by Gasteiger charge is -2.18. The largest absolute Gasteiger partial charge is 0.396 e. The van der Waals surface area contributed by atoms with Gasteiger partial charge in [-0.25, -0.2) is 0 Å². The van der Waals surface area contributed by atoms with Gasteiger partial charge in [0.2, 0.25) is 0 Å². The molecule has 7 nitrogen and oxygen atoms in total. The highest BCUT2D eigenvalue weighted by Gasteiger charge is 2.33. The Hall–Kier alpha value is -2.25. The molecule has 1 aliphatic heterocycles. The van der Waals surface area contributed by atoms with Crippen molar-refractivity contribution in [3.8, 4) is 0 Å². The summed E-state index contributed by atoms with van der Waals surface area (Å²) in [7, 11) is 1.94. The molecule has 2 aromatic heterocycles. The summed E-state index contributed by atoms with van der Waals surface area (Å²) >= 11 is 0. The lowest BCUT2D eigenvalue weighted by molar-refractivity contribution is 0.0921. The molecule has 2 atom stereocenters. The van der Waals surface area contributed by atoms with Crippen LogP contribution in [0, 0.1) is 12.8 Å². The second-order valence-electron chi connectivity index (χ2n) is 6.35. The number of carbonyl (C=O) groups excluding carboxylic acids is 1. The maximum atomic E-state index is 12.3. The van der Waals surface area contributed by atoms with E-state index in [0.717, 1.165) is 24.5 Å². The number of hydrogen-bond acceptors (Lipinski definition) is 5. The lowest BCUT2D eigenvalue weighted by atomic mass is 10.0. The molecule has 1 aliphatic rings. The van der Waals surface area contributed by atoms with E-state index in [1.54, 1.807) is 24.5 Å². The third-order valence-electron chi connectivity index (χ3n) is 4.49. The molecule has 2 N–H and O–H groups in total. The Morgan fingerprint density at radius 2 is 2.12 bits per heavy atom. The number of carbonyl (C=O) groups is 1. The van der Waals surface area contributed by atoms with Gasteiger partial charge in [-0.2, -0.15) is 5.10 Å². The summed E-state index contributed by atoms with van der Waals surface area (Å²) in [5.41, 5.74) is 2.71. The second-order valence-corrected chi connectivity index (χ2v) is 6.35. The molecule has 3 heterocycles. The van der Waals surface area contributed by atoms with Crippen molar-refractivity contribution in [1.82, 2.24) is 25.0 Å². The second kappa shape index (κ2) is 7.11. The zero-order valence-electron chi connectivity index (χ0n) is 14.0. The fraction of sp³-hybridized carbons (Fsp3) is 0.471. The SMILES string of the molecule is Cc1cc(CN2C[C@@H](CO)[C@H](NC(=O)c3ccncc3)C2)n(C)n1. The molecule has 24 heavy (non-hydrogen) atoms. The van der Waals surface area contributed by atoms with Crippen LogP contribution >= 0.6 is 0 Å². The van der Waals surface area contributed by atoms with Crippen molar-refractivity contribution in [2.45, 2.75) is 19.5 Å². The molecule has 2 aromatic rings.